The maximum atomic E-state index is 2.37. The summed E-state index contributed by atoms with van der Waals surface area (Å²) in [4.78, 5) is 0. The minimum atomic E-state index is 0.201. The summed E-state index contributed by atoms with van der Waals surface area (Å²) in [5, 5.41) is 5.46. The molecule has 0 nitrogen and oxygen atoms in total. The van der Waals surface area contributed by atoms with Crippen molar-refractivity contribution in [3.05, 3.63) is 60.2 Å². The minimum Gasteiger partial charge on any atom is -0.135 e. The Morgan fingerprint density at radius 1 is 0.762 bits per heavy atom. The zero-order valence-corrected chi connectivity index (χ0v) is 13.4. The third-order valence-corrected chi connectivity index (χ3v) is 5.43. The van der Waals surface area contributed by atoms with Gasteiger partial charge in [-0.05, 0) is 27.8 Å². The van der Waals surface area contributed by atoms with E-state index in [1.807, 2.05) is 11.3 Å². The fraction of sp³-hybridized carbons (Fsp3) is 0.200. The van der Waals surface area contributed by atoms with Crippen LogP contribution in [0, 0.1) is 0 Å². The van der Waals surface area contributed by atoms with Crippen molar-refractivity contribution in [2.75, 3.05) is 0 Å². The number of thiophene rings is 1. The number of hydrogen-bond donors (Lipinski definition) is 0. The normalized spacial score (nSPS) is 12.5. The van der Waals surface area contributed by atoms with Crippen LogP contribution in [0.5, 0.6) is 0 Å². The number of fused-ring (bicyclic) bond motifs is 5. The number of rotatable bonds is 0. The topological polar surface area (TPSA) is 0 Å². The first-order valence-electron chi connectivity index (χ1n) is 7.38. The zero-order chi connectivity index (χ0) is 14.6. The zero-order valence-electron chi connectivity index (χ0n) is 12.6. The molecule has 0 fully saturated rings. The van der Waals surface area contributed by atoms with Crippen LogP contribution in [0.15, 0.2) is 54.6 Å². The van der Waals surface area contributed by atoms with Crippen LogP contribution >= 0.6 is 11.3 Å². The molecular weight excluding hydrogens is 272 g/mol. The Balaban J connectivity index is 2.12. The van der Waals surface area contributed by atoms with Crippen LogP contribution in [-0.2, 0) is 5.41 Å². The second kappa shape index (κ2) is 4.32. The molecule has 1 heteroatoms. The quantitative estimate of drug-likeness (QED) is 0.346. The lowest BCUT2D eigenvalue weighted by atomic mass is 9.87. The molecule has 0 aliphatic carbocycles. The molecule has 4 rings (SSSR count). The molecule has 0 atom stereocenters. The smallest absolute Gasteiger partial charge is 0.0433 e. The summed E-state index contributed by atoms with van der Waals surface area (Å²) in [5.41, 5.74) is 1.61. The molecular formula is C20H18S. The average molecular weight is 290 g/mol. The fourth-order valence-corrected chi connectivity index (χ4v) is 4.25. The lowest BCUT2D eigenvalue weighted by Crippen LogP contribution is -2.10. The van der Waals surface area contributed by atoms with Gasteiger partial charge in [0.15, 0.2) is 0 Å². The highest BCUT2D eigenvalue weighted by Crippen LogP contribution is 2.39. The standard InChI is InChI=1S/C20H18S/c1-20(2,3)14-9-11-16-17-10-8-13-6-4-5-7-15(13)19(17)21-18(16)12-14/h4-12H,1-3H3. The van der Waals surface area contributed by atoms with E-state index in [2.05, 4.69) is 75.4 Å². The summed E-state index contributed by atoms with van der Waals surface area (Å²) in [5.74, 6) is 0. The Kier molecular flexibility index (Phi) is 2.64. The van der Waals surface area contributed by atoms with E-state index in [1.54, 1.807) is 0 Å². The highest BCUT2D eigenvalue weighted by Gasteiger charge is 2.15. The Labute approximate surface area is 129 Å². The van der Waals surface area contributed by atoms with Gasteiger partial charge >= 0.3 is 0 Å². The molecule has 0 unspecified atom stereocenters. The van der Waals surface area contributed by atoms with Crippen molar-refractivity contribution < 1.29 is 0 Å². The molecule has 104 valence electrons. The van der Waals surface area contributed by atoms with Crippen LogP contribution in [0.3, 0.4) is 0 Å². The van der Waals surface area contributed by atoms with Crippen LogP contribution in [0.4, 0.5) is 0 Å². The molecule has 0 saturated carbocycles. The Hall–Kier alpha value is -1.86. The molecule has 0 radical (unpaired) electrons. The van der Waals surface area contributed by atoms with E-state index in [0.717, 1.165) is 0 Å². The van der Waals surface area contributed by atoms with E-state index in [1.165, 1.54) is 36.5 Å². The van der Waals surface area contributed by atoms with Gasteiger partial charge in [0.2, 0.25) is 0 Å². The molecule has 0 bridgehead atoms. The Morgan fingerprint density at radius 2 is 1.52 bits per heavy atom. The molecule has 0 spiro atoms. The minimum absolute atomic E-state index is 0.201. The molecule has 4 aromatic rings. The summed E-state index contributed by atoms with van der Waals surface area (Å²) in [6, 6.07) is 20.1. The predicted octanol–water partition coefficient (Wildman–Crippen LogP) is 6.51. The average Bonchev–Trinajstić information content (AvgIpc) is 2.84. The van der Waals surface area contributed by atoms with Gasteiger partial charge in [-0.2, -0.15) is 0 Å². The predicted molar refractivity (Wildman–Crippen MR) is 95.5 cm³/mol. The molecule has 1 aromatic heterocycles. The second-order valence-corrected chi connectivity index (χ2v) is 7.78. The van der Waals surface area contributed by atoms with Crippen molar-refractivity contribution in [3.8, 4) is 0 Å². The van der Waals surface area contributed by atoms with Crippen molar-refractivity contribution >= 4 is 42.3 Å². The monoisotopic (exact) mass is 290 g/mol. The molecule has 21 heavy (non-hydrogen) atoms. The van der Waals surface area contributed by atoms with Gasteiger partial charge < -0.3 is 0 Å². The highest BCUT2D eigenvalue weighted by atomic mass is 32.1. The summed E-state index contributed by atoms with van der Waals surface area (Å²) in [6.45, 7) is 6.82. The molecule has 0 amide bonds. The van der Waals surface area contributed by atoms with Crippen molar-refractivity contribution in [1.82, 2.24) is 0 Å². The number of hydrogen-bond acceptors (Lipinski definition) is 1. The van der Waals surface area contributed by atoms with Gasteiger partial charge in [-0.25, -0.2) is 0 Å². The lowest BCUT2D eigenvalue weighted by molar-refractivity contribution is 0.591. The van der Waals surface area contributed by atoms with Gasteiger partial charge in [0.1, 0.15) is 0 Å². The third-order valence-electron chi connectivity index (χ3n) is 4.23. The van der Waals surface area contributed by atoms with E-state index in [0.29, 0.717) is 0 Å². The first-order valence-corrected chi connectivity index (χ1v) is 8.20. The SMILES string of the molecule is CC(C)(C)c1ccc2c(c1)sc1c3ccccc3ccc21. The third kappa shape index (κ3) is 1.96. The lowest BCUT2D eigenvalue weighted by Gasteiger charge is -2.18. The summed E-state index contributed by atoms with van der Waals surface area (Å²) in [7, 11) is 0. The van der Waals surface area contributed by atoms with Crippen LogP contribution in [0.25, 0.3) is 30.9 Å². The van der Waals surface area contributed by atoms with E-state index in [-0.39, 0.29) is 5.41 Å². The van der Waals surface area contributed by atoms with Gasteiger partial charge in [-0.3, -0.25) is 0 Å². The van der Waals surface area contributed by atoms with Crippen molar-refractivity contribution in [2.24, 2.45) is 0 Å². The van der Waals surface area contributed by atoms with Crippen molar-refractivity contribution in [3.63, 3.8) is 0 Å². The van der Waals surface area contributed by atoms with Crippen LogP contribution in [0.1, 0.15) is 26.3 Å². The van der Waals surface area contributed by atoms with Crippen molar-refractivity contribution in [2.45, 2.75) is 26.2 Å². The Bertz CT molecular complexity index is 968. The van der Waals surface area contributed by atoms with Crippen LogP contribution < -0.4 is 0 Å². The summed E-state index contributed by atoms with van der Waals surface area (Å²) < 4.78 is 2.81. The second-order valence-electron chi connectivity index (χ2n) is 6.73. The largest absolute Gasteiger partial charge is 0.135 e. The Morgan fingerprint density at radius 3 is 2.33 bits per heavy atom. The first kappa shape index (κ1) is 12.8. The molecule has 0 N–H and O–H groups in total. The van der Waals surface area contributed by atoms with Gasteiger partial charge in [0, 0.05) is 20.2 Å². The first-order chi connectivity index (χ1) is 10.0. The van der Waals surface area contributed by atoms with Gasteiger partial charge in [-0.1, -0.05) is 69.3 Å². The van der Waals surface area contributed by atoms with Gasteiger partial charge in [0.25, 0.3) is 0 Å². The maximum absolute atomic E-state index is 2.37. The van der Waals surface area contributed by atoms with E-state index < -0.39 is 0 Å². The molecule has 0 aliphatic rings. The van der Waals surface area contributed by atoms with Crippen LogP contribution in [0.2, 0.25) is 0 Å². The highest BCUT2D eigenvalue weighted by molar-refractivity contribution is 7.26. The van der Waals surface area contributed by atoms with Crippen molar-refractivity contribution in [1.29, 1.82) is 0 Å². The summed E-state index contributed by atoms with van der Waals surface area (Å²) in [6.07, 6.45) is 0. The fourth-order valence-electron chi connectivity index (χ4n) is 2.97. The van der Waals surface area contributed by atoms with E-state index in [4.69, 9.17) is 0 Å². The van der Waals surface area contributed by atoms with E-state index in [9.17, 15) is 0 Å². The molecule has 1 heterocycles. The maximum Gasteiger partial charge on any atom is 0.0433 e. The number of benzene rings is 3. The summed E-state index contributed by atoms with van der Waals surface area (Å²) >= 11 is 1.92. The molecule has 0 aliphatic heterocycles. The molecule has 3 aromatic carbocycles. The van der Waals surface area contributed by atoms with Crippen LogP contribution in [-0.4, -0.2) is 0 Å². The van der Waals surface area contributed by atoms with Gasteiger partial charge in [-0.15, -0.1) is 11.3 Å². The van der Waals surface area contributed by atoms with Gasteiger partial charge in [0.05, 0.1) is 0 Å². The van der Waals surface area contributed by atoms with E-state index >= 15 is 0 Å². The molecule has 0 saturated heterocycles.